The number of nitrogens with one attached hydrogen (secondary N) is 1. The van der Waals surface area contributed by atoms with Crippen LogP contribution in [0.5, 0.6) is 0 Å². The Morgan fingerprint density at radius 3 is 2.80 bits per heavy atom. The molecule has 2 aromatic rings. The fraction of sp³-hybridized carbons (Fsp3) is 0.389. The molecule has 2 heterocycles. The quantitative estimate of drug-likeness (QED) is 0.882. The van der Waals surface area contributed by atoms with Crippen LogP contribution >= 0.6 is 11.6 Å². The van der Waals surface area contributed by atoms with Crippen molar-refractivity contribution in [3.8, 4) is 0 Å². The van der Waals surface area contributed by atoms with Gasteiger partial charge in [-0.2, -0.15) is 0 Å². The maximum Gasteiger partial charge on any atom is 0.227 e. The topological polar surface area (TPSA) is 75.4 Å². The summed E-state index contributed by atoms with van der Waals surface area (Å²) in [6, 6.07) is 5.21. The lowest BCUT2D eigenvalue weighted by atomic mass is 10.1. The zero-order chi connectivity index (χ0) is 18.0. The van der Waals surface area contributed by atoms with Crippen LogP contribution in [0, 0.1) is 13.8 Å². The van der Waals surface area contributed by atoms with Crippen molar-refractivity contribution in [3.63, 3.8) is 0 Å². The minimum absolute atomic E-state index is 0.0816. The normalized spacial score (nSPS) is 14.2. The highest BCUT2D eigenvalue weighted by Gasteiger charge is 2.23. The molecule has 0 saturated carbocycles. The van der Waals surface area contributed by atoms with Gasteiger partial charge in [0.25, 0.3) is 0 Å². The first-order chi connectivity index (χ1) is 12.0. The van der Waals surface area contributed by atoms with Crippen molar-refractivity contribution >= 4 is 34.8 Å². The first-order valence-corrected chi connectivity index (χ1v) is 8.65. The summed E-state index contributed by atoms with van der Waals surface area (Å²) in [7, 11) is 0. The van der Waals surface area contributed by atoms with E-state index in [1.54, 1.807) is 23.1 Å². The summed E-state index contributed by atoms with van der Waals surface area (Å²) in [5, 5.41) is 7.18. The maximum atomic E-state index is 12.2. The number of aromatic nitrogens is 1. The summed E-state index contributed by atoms with van der Waals surface area (Å²) in [5.41, 5.74) is 3.09. The zero-order valence-electron chi connectivity index (χ0n) is 14.3. The summed E-state index contributed by atoms with van der Waals surface area (Å²) in [4.78, 5) is 25.7. The van der Waals surface area contributed by atoms with E-state index >= 15 is 0 Å². The van der Waals surface area contributed by atoms with Crippen molar-refractivity contribution in [2.75, 3.05) is 16.8 Å². The number of anilines is 2. The van der Waals surface area contributed by atoms with Crippen molar-refractivity contribution in [1.29, 1.82) is 0 Å². The molecule has 1 aromatic heterocycles. The number of rotatable bonds is 5. The lowest BCUT2D eigenvalue weighted by Gasteiger charge is -2.18. The first-order valence-electron chi connectivity index (χ1n) is 8.27. The fourth-order valence-corrected chi connectivity index (χ4v) is 3.31. The van der Waals surface area contributed by atoms with Crippen molar-refractivity contribution in [2.45, 2.75) is 39.5 Å². The van der Waals surface area contributed by atoms with Crippen molar-refractivity contribution in [1.82, 2.24) is 5.16 Å². The molecule has 7 heteroatoms. The van der Waals surface area contributed by atoms with E-state index in [0.717, 1.165) is 23.4 Å². The predicted molar refractivity (Wildman–Crippen MR) is 96.0 cm³/mol. The first kappa shape index (κ1) is 17.5. The Bertz CT molecular complexity index is 796. The van der Waals surface area contributed by atoms with Crippen LogP contribution in [-0.4, -0.2) is 23.5 Å². The summed E-state index contributed by atoms with van der Waals surface area (Å²) in [6.07, 6.45) is 2.29. The van der Waals surface area contributed by atoms with E-state index in [2.05, 4.69) is 10.5 Å². The Morgan fingerprint density at radius 2 is 2.20 bits per heavy atom. The Labute approximate surface area is 151 Å². The van der Waals surface area contributed by atoms with Crippen LogP contribution in [0.4, 0.5) is 11.4 Å². The van der Waals surface area contributed by atoms with E-state index in [-0.39, 0.29) is 11.8 Å². The molecule has 0 bridgehead atoms. The van der Waals surface area contributed by atoms with Gasteiger partial charge in [0.1, 0.15) is 5.76 Å². The summed E-state index contributed by atoms with van der Waals surface area (Å²) in [5.74, 6) is 0.715. The molecule has 25 heavy (non-hydrogen) atoms. The molecule has 1 aliphatic heterocycles. The second-order valence-corrected chi connectivity index (χ2v) is 6.57. The Hall–Kier alpha value is -2.34. The molecule has 1 aliphatic rings. The minimum Gasteiger partial charge on any atom is -0.361 e. The van der Waals surface area contributed by atoms with Gasteiger partial charge in [-0.15, -0.1) is 0 Å². The number of hydrogen-bond donors (Lipinski definition) is 1. The van der Waals surface area contributed by atoms with E-state index in [0.29, 0.717) is 42.2 Å². The molecule has 1 saturated heterocycles. The van der Waals surface area contributed by atoms with E-state index in [4.69, 9.17) is 16.1 Å². The minimum atomic E-state index is -0.110. The van der Waals surface area contributed by atoms with Crippen molar-refractivity contribution in [2.24, 2.45) is 0 Å². The van der Waals surface area contributed by atoms with Gasteiger partial charge < -0.3 is 14.7 Å². The SMILES string of the molecule is Cc1noc(C)c1CCC(=O)Nc1ccc(N2CCCC2=O)c(Cl)c1. The molecule has 0 unspecified atom stereocenters. The Kier molecular flexibility index (Phi) is 5.08. The largest absolute Gasteiger partial charge is 0.361 e. The van der Waals surface area contributed by atoms with Gasteiger partial charge in [0.15, 0.2) is 0 Å². The third-order valence-electron chi connectivity index (χ3n) is 4.38. The lowest BCUT2D eigenvalue weighted by Crippen LogP contribution is -2.24. The molecule has 132 valence electrons. The van der Waals surface area contributed by atoms with Crippen LogP contribution in [-0.2, 0) is 16.0 Å². The Balaban J connectivity index is 1.62. The second-order valence-electron chi connectivity index (χ2n) is 6.17. The molecule has 3 rings (SSSR count). The van der Waals surface area contributed by atoms with Gasteiger partial charge in [0, 0.05) is 30.6 Å². The summed E-state index contributed by atoms with van der Waals surface area (Å²) in [6.45, 7) is 4.38. The average molecular weight is 362 g/mol. The van der Waals surface area contributed by atoms with Crippen LogP contribution in [0.15, 0.2) is 22.7 Å². The van der Waals surface area contributed by atoms with Gasteiger partial charge in [-0.3, -0.25) is 9.59 Å². The number of hydrogen-bond acceptors (Lipinski definition) is 4. The molecular weight excluding hydrogens is 342 g/mol. The van der Waals surface area contributed by atoms with E-state index < -0.39 is 0 Å². The molecular formula is C18H20ClN3O3. The van der Waals surface area contributed by atoms with Gasteiger partial charge >= 0.3 is 0 Å². The Morgan fingerprint density at radius 1 is 1.40 bits per heavy atom. The number of benzene rings is 1. The molecule has 6 nitrogen and oxygen atoms in total. The predicted octanol–water partition coefficient (Wildman–Crippen LogP) is 3.64. The smallest absolute Gasteiger partial charge is 0.227 e. The number of carbonyl (C=O) groups is 2. The van der Waals surface area contributed by atoms with Crippen molar-refractivity contribution < 1.29 is 14.1 Å². The van der Waals surface area contributed by atoms with Crippen LogP contribution in [0.1, 0.15) is 36.3 Å². The highest BCUT2D eigenvalue weighted by molar-refractivity contribution is 6.34. The third kappa shape index (κ3) is 3.85. The maximum absolute atomic E-state index is 12.2. The molecule has 0 aliphatic carbocycles. The van der Waals surface area contributed by atoms with E-state index in [9.17, 15) is 9.59 Å². The monoisotopic (exact) mass is 361 g/mol. The molecule has 1 fully saturated rings. The third-order valence-corrected chi connectivity index (χ3v) is 4.68. The van der Waals surface area contributed by atoms with Gasteiger partial charge in [-0.25, -0.2) is 0 Å². The molecule has 1 N–H and O–H groups in total. The standard InChI is InChI=1S/C18H20ClN3O3/c1-11-14(12(2)25-21-11)6-8-17(23)20-13-5-7-16(15(19)10-13)22-9-3-4-18(22)24/h5,7,10H,3-4,6,8-9H2,1-2H3,(H,20,23). The van der Waals surface area contributed by atoms with Crippen LogP contribution < -0.4 is 10.2 Å². The average Bonchev–Trinajstić information content (AvgIpc) is 3.12. The number of amides is 2. The molecule has 2 amide bonds. The van der Waals surface area contributed by atoms with Crippen LogP contribution in [0.2, 0.25) is 5.02 Å². The molecule has 0 spiro atoms. The van der Waals surface area contributed by atoms with Crippen LogP contribution in [0.25, 0.3) is 0 Å². The highest BCUT2D eigenvalue weighted by Crippen LogP contribution is 2.31. The number of halogens is 1. The van der Waals surface area contributed by atoms with Gasteiger partial charge in [-0.1, -0.05) is 16.8 Å². The lowest BCUT2D eigenvalue weighted by molar-refractivity contribution is -0.117. The van der Waals surface area contributed by atoms with Crippen LogP contribution in [0.3, 0.4) is 0 Å². The highest BCUT2D eigenvalue weighted by atomic mass is 35.5. The van der Waals surface area contributed by atoms with E-state index in [1.807, 2.05) is 13.8 Å². The van der Waals surface area contributed by atoms with Gasteiger partial charge in [0.05, 0.1) is 16.4 Å². The molecule has 0 atom stereocenters. The molecule has 0 radical (unpaired) electrons. The van der Waals surface area contributed by atoms with Crippen molar-refractivity contribution in [3.05, 3.63) is 40.2 Å². The molecule has 1 aromatic carbocycles. The number of carbonyl (C=O) groups excluding carboxylic acids is 2. The second kappa shape index (κ2) is 7.27. The van der Waals surface area contributed by atoms with E-state index in [1.165, 1.54) is 0 Å². The van der Waals surface area contributed by atoms with Gasteiger partial charge in [0.2, 0.25) is 11.8 Å². The summed E-state index contributed by atoms with van der Waals surface area (Å²) >= 11 is 6.29. The van der Waals surface area contributed by atoms with Gasteiger partial charge in [-0.05, 0) is 44.9 Å². The summed E-state index contributed by atoms with van der Waals surface area (Å²) < 4.78 is 5.10. The number of aryl methyl sites for hydroxylation is 2. The number of nitrogens with zero attached hydrogens (tertiary/aromatic N) is 2. The zero-order valence-corrected chi connectivity index (χ0v) is 15.0. The fourth-order valence-electron chi connectivity index (χ4n) is 3.03.